The summed E-state index contributed by atoms with van der Waals surface area (Å²) in [4.78, 5) is 22.2. The molecule has 0 saturated heterocycles. The van der Waals surface area contributed by atoms with E-state index >= 15 is 0 Å². The number of hydrogen-bond donors (Lipinski definition) is 3. The number of amides is 1. The van der Waals surface area contributed by atoms with Crippen LogP contribution in [0.3, 0.4) is 0 Å². The van der Waals surface area contributed by atoms with Crippen LogP contribution in [0.15, 0.2) is 91.0 Å². The van der Waals surface area contributed by atoms with Crippen molar-refractivity contribution in [2.75, 3.05) is 29.2 Å². The van der Waals surface area contributed by atoms with Crippen LogP contribution < -0.4 is 24.4 Å². The van der Waals surface area contributed by atoms with Crippen LogP contribution >= 0.6 is 0 Å². The number of methoxy groups -OCH3 is 2. The molecule has 10 nitrogen and oxygen atoms in total. The van der Waals surface area contributed by atoms with Crippen molar-refractivity contribution < 1.29 is 23.0 Å². The molecule has 0 aliphatic carbocycles. The van der Waals surface area contributed by atoms with Crippen molar-refractivity contribution >= 4 is 56.9 Å². The Kier molecular flexibility index (Phi) is 8.09. The second-order valence-corrected chi connectivity index (χ2v) is 9.83. The quantitative estimate of drug-likeness (QED) is 0.179. The number of rotatable bonds is 9. The Hall–Kier alpha value is -5.00. The van der Waals surface area contributed by atoms with Crippen molar-refractivity contribution in [2.45, 2.75) is 6.92 Å². The molecule has 1 aromatic heterocycles. The van der Waals surface area contributed by atoms with Gasteiger partial charge in [0.1, 0.15) is 11.5 Å². The summed E-state index contributed by atoms with van der Waals surface area (Å²) < 4.78 is 35.2. The van der Waals surface area contributed by atoms with Crippen LogP contribution in [0.4, 0.5) is 28.7 Å². The van der Waals surface area contributed by atoms with E-state index in [0.29, 0.717) is 45.2 Å². The molecule has 1 amide bonds. The minimum atomic E-state index is -2.56. The summed E-state index contributed by atoms with van der Waals surface area (Å²) in [6.07, 6.45) is 0. The third kappa shape index (κ3) is 6.26. The van der Waals surface area contributed by atoms with E-state index in [-0.39, 0.29) is 17.5 Å². The van der Waals surface area contributed by atoms with Gasteiger partial charge in [-0.3, -0.25) is 9.35 Å². The molecule has 0 saturated carbocycles. The Morgan fingerprint density at radius 3 is 2.12 bits per heavy atom. The van der Waals surface area contributed by atoms with Crippen LogP contribution in [0, 0.1) is 6.92 Å². The molecule has 11 heteroatoms. The van der Waals surface area contributed by atoms with E-state index in [2.05, 4.69) is 10.6 Å². The number of carbonyl (C=O) groups excluding carboxylic acids is 1. The first-order valence-corrected chi connectivity index (χ1v) is 13.6. The van der Waals surface area contributed by atoms with Gasteiger partial charge in [-0.25, -0.2) is 18.5 Å². The van der Waals surface area contributed by atoms with Gasteiger partial charge < -0.3 is 20.1 Å². The highest BCUT2D eigenvalue weighted by atomic mass is 32.2. The van der Waals surface area contributed by atoms with E-state index in [9.17, 15) is 13.6 Å². The van der Waals surface area contributed by atoms with Gasteiger partial charge >= 0.3 is 0 Å². The van der Waals surface area contributed by atoms with Crippen LogP contribution in [0.25, 0.3) is 11.0 Å². The summed E-state index contributed by atoms with van der Waals surface area (Å²) in [5, 5.41) is 6.05. The predicted octanol–water partition coefficient (Wildman–Crippen LogP) is 6.23. The van der Waals surface area contributed by atoms with Crippen LogP contribution in [0.2, 0.25) is 0 Å². The molecule has 0 aliphatic heterocycles. The summed E-state index contributed by atoms with van der Waals surface area (Å²) in [5.41, 5.74) is 3.94. The average molecular weight is 570 g/mol. The lowest BCUT2D eigenvalue weighted by Gasteiger charge is -2.23. The minimum Gasteiger partial charge on any atom is -0.497 e. The maximum Gasteiger partial charge on any atom is 0.268 e. The molecular formula is C30H27N5O5S. The third-order valence-electron chi connectivity index (χ3n) is 6.17. The second-order valence-electron chi connectivity index (χ2n) is 9.01. The highest BCUT2D eigenvalue weighted by Crippen LogP contribution is 2.36. The van der Waals surface area contributed by atoms with Gasteiger partial charge in [-0.15, -0.1) is 0 Å². The fraction of sp³-hybridized carbons (Fsp3) is 0.100. The summed E-state index contributed by atoms with van der Waals surface area (Å²) in [5.74, 6) is 1.09. The number of para-hydroxylation sites is 2. The van der Waals surface area contributed by atoms with Crippen molar-refractivity contribution in [1.29, 1.82) is 0 Å². The number of ether oxygens (including phenoxy) is 2. The van der Waals surface area contributed by atoms with Gasteiger partial charge in [0.25, 0.3) is 17.2 Å². The number of aryl methyl sites for hydroxylation is 1. The maximum atomic E-state index is 12.8. The molecule has 5 aromatic rings. The minimum absolute atomic E-state index is 0.0910. The Labute approximate surface area is 239 Å². The second kappa shape index (κ2) is 12.0. The molecule has 1 atom stereocenters. The topological polar surface area (TPSA) is 126 Å². The predicted molar refractivity (Wildman–Crippen MR) is 161 cm³/mol. The molecule has 1 heterocycles. The van der Waals surface area contributed by atoms with Gasteiger partial charge in [-0.05, 0) is 49.4 Å². The molecule has 208 valence electrons. The van der Waals surface area contributed by atoms with E-state index in [1.165, 1.54) is 0 Å². The van der Waals surface area contributed by atoms with Crippen LogP contribution in [0.5, 0.6) is 11.5 Å². The number of nitrogens with zero attached hydrogens (tertiary/aromatic N) is 3. The first-order chi connectivity index (χ1) is 19.8. The summed E-state index contributed by atoms with van der Waals surface area (Å²) in [6.45, 7) is 1.94. The fourth-order valence-corrected chi connectivity index (χ4v) is 4.71. The lowest BCUT2D eigenvalue weighted by atomic mass is 10.1. The molecule has 3 N–H and O–H groups in total. The van der Waals surface area contributed by atoms with Crippen LogP contribution in [-0.4, -0.2) is 38.9 Å². The van der Waals surface area contributed by atoms with Crippen LogP contribution in [0.1, 0.15) is 15.9 Å². The number of hydrogen-bond acceptors (Lipinski definition) is 7. The first kappa shape index (κ1) is 27.6. The SMILES string of the molecule is COc1cc(Nc2nc3ccccc3nc2N(c2cccc(NC(=O)c3ccc(C)cc3)c2)S(=O)O)cc(OC)c1. The molecule has 0 bridgehead atoms. The third-order valence-corrected chi connectivity index (χ3v) is 6.86. The van der Waals surface area contributed by atoms with Crippen molar-refractivity contribution in [2.24, 2.45) is 0 Å². The fourth-order valence-electron chi connectivity index (χ4n) is 4.14. The molecular weight excluding hydrogens is 542 g/mol. The van der Waals surface area contributed by atoms with E-state index in [1.54, 1.807) is 80.9 Å². The summed E-state index contributed by atoms with van der Waals surface area (Å²) in [6, 6.07) is 26.2. The summed E-state index contributed by atoms with van der Waals surface area (Å²) >= 11 is -2.56. The van der Waals surface area contributed by atoms with E-state index < -0.39 is 11.3 Å². The van der Waals surface area contributed by atoms with Crippen molar-refractivity contribution in [3.63, 3.8) is 0 Å². The van der Waals surface area contributed by atoms with Gasteiger partial charge in [-0.2, -0.15) is 0 Å². The maximum absolute atomic E-state index is 12.8. The van der Waals surface area contributed by atoms with Gasteiger partial charge in [0.2, 0.25) is 0 Å². The molecule has 0 radical (unpaired) electrons. The Morgan fingerprint density at radius 1 is 0.829 bits per heavy atom. The highest BCUT2D eigenvalue weighted by molar-refractivity contribution is 7.81. The Bertz CT molecular complexity index is 1720. The van der Waals surface area contributed by atoms with Crippen molar-refractivity contribution in [1.82, 2.24) is 9.97 Å². The highest BCUT2D eigenvalue weighted by Gasteiger charge is 2.24. The number of carbonyl (C=O) groups is 1. The lowest BCUT2D eigenvalue weighted by molar-refractivity contribution is 0.102. The average Bonchev–Trinajstić information content (AvgIpc) is 2.97. The summed E-state index contributed by atoms with van der Waals surface area (Å²) in [7, 11) is 3.09. The largest absolute Gasteiger partial charge is 0.497 e. The Morgan fingerprint density at radius 2 is 1.49 bits per heavy atom. The van der Waals surface area contributed by atoms with Gasteiger partial charge in [0.15, 0.2) is 11.6 Å². The zero-order chi connectivity index (χ0) is 28.9. The zero-order valence-corrected chi connectivity index (χ0v) is 23.3. The lowest BCUT2D eigenvalue weighted by Crippen LogP contribution is -2.22. The monoisotopic (exact) mass is 569 g/mol. The van der Waals surface area contributed by atoms with Crippen molar-refractivity contribution in [3.8, 4) is 11.5 Å². The smallest absolute Gasteiger partial charge is 0.268 e. The zero-order valence-electron chi connectivity index (χ0n) is 22.5. The Balaban J connectivity index is 1.56. The van der Waals surface area contributed by atoms with Gasteiger partial charge in [0, 0.05) is 35.1 Å². The van der Waals surface area contributed by atoms with Crippen molar-refractivity contribution in [3.05, 3.63) is 102 Å². The molecule has 41 heavy (non-hydrogen) atoms. The molecule has 0 spiro atoms. The molecule has 5 rings (SSSR count). The first-order valence-electron chi connectivity index (χ1n) is 12.5. The number of anilines is 5. The van der Waals surface area contributed by atoms with E-state index in [0.717, 1.165) is 9.87 Å². The van der Waals surface area contributed by atoms with E-state index in [4.69, 9.17) is 19.4 Å². The normalized spacial score (nSPS) is 11.5. The number of aromatic nitrogens is 2. The standard InChI is InChI=1S/C30H27N5O5S/c1-19-11-13-20(14-12-19)30(36)32-21-7-6-8-23(15-21)35(41(37)38)29-28(33-26-9-4-5-10-27(26)34-29)31-22-16-24(39-2)18-25(17-22)40-3/h4-18H,1-3H3,(H,31,33)(H,32,36)(H,37,38). The van der Waals surface area contributed by atoms with Crippen LogP contribution in [-0.2, 0) is 11.3 Å². The molecule has 1 unspecified atom stereocenters. The van der Waals surface area contributed by atoms with Gasteiger partial charge in [-0.1, -0.05) is 35.9 Å². The van der Waals surface area contributed by atoms with E-state index in [1.807, 2.05) is 31.2 Å². The number of fused-ring (bicyclic) bond motifs is 1. The number of benzene rings is 4. The molecule has 4 aromatic carbocycles. The number of nitrogens with one attached hydrogen (secondary N) is 2. The molecule has 0 aliphatic rings. The van der Waals surface area contributed by atoms with Gasteiger partial charge in [0.05, 0.1) is 30.9 Å². The molecule has 0 fully saturated rings.